The van der Waals surface area contributed by atoms with E-state index in [1.54, 1.807) is 6.33 Å². The highest BCUT2D eigenvalue weighted by atomic mass is 32.2. The Morgan fingerprint density at radius 3 is 2.84 bits per heavy atom. The molecule has 5 nitrogen and oxygen atoms in total. The van der Waals surface area contributed by atoms with E-state index in [1.807, 2.05) is 11.8 Å². The highest BCUT2D eigenvalue weighted by Gasteiger charge is 2.06. The maximum absolute atomic E-state index is 5.76. The Hall–Kier alpha value is -1.30. The number of anilines is 1. The minimum absolute atomic E-state index is 0.456. The van der Waals surface area contributed by atoms with E-state index in [1.165, 1.54) is 37.1 Å². The summed E-state index contributed by atoms with van der Waals surface area (Å²) in [6, 6.07) is 0. The molecule has 0 saturated carbocycles. The molecule has 0 aliphatic carbocycles. The Bertz CT molecular complexity index is 511. The van der Waals surface area contributed by atoms with Crippen molar-refractivity contribution in [3.63, 3.8) is 0 Å². The highest BCUT2D eigenvalue weighted by Crippen LogP contribution is 2.15. The van der Waals surface area contributed by atoms with E-state index in [0.717, 1.165) is 18.6 Å². The van der Waals surface area contributed by atoms with Crippen LogP contribution in [0.15, 0.2) is 12.7 Å². The van der Waals surface area contributed by atoms with Gasteiger partial charge in [-0.15, -0.1) is 0 Å². The van der Waals surface area contributed by atoms with Gasteiger partial charge in [0, 0.05) is 6.54 Å². The van der Waals surface area contributed by atoms with E-state index >= 15 is 0 Å². The lowest BCUT2D eigenvalue weighted by Crippen LogP contribution is -2.00. The molecule has 2 aromatic heterocycles. The number of aryl methyl sites for hydroxylation is 1. The minimum Gasteiger partial charge on any atom is -0.382 e. The maximum Gasteiger partial charge on any atom is 0.165 e. The fraction of sp³-hybridized carbons (Fsp3) is 0.615. The first-order valence-electron chi connectivity index (χ1n) is 6.82. The number of thioether (sulfide) groups is 1. The quantitative estimate of drug-likeness (QED) is 0.752. The lowest BCUT2D eigenvalue weighted by Gasteiger charge is -2.04. The molecule has 0 bridgehead atoms. The number of nitrogens with two attached hydrogens (primary N) is 1. The second kappa shape index (κ2) is 7.33. The molecule has 2 aromatic rings. The van der Waals surface area contributed by atoms with E-state index in [9.17, 15) is 0 Å². The van der Waals surface area contributed by atoms with Crippen LogP contribution in [-0.4, -0.2) is 31.0 Å². The molecule has 0 radical (unpaired) electrons. The summed E-state index contributed by atoms with van der Waals surface area (Å²) in [4.78, 5) is 12.5. The number of hydrogen-bond acceptors (Lipinski definition) is 5. The molecule has 0 aliphatic heterocycles. The Kier molecular flexibility index (Phi) is 5.44. The van der Waals surface area contributed by atoms with Crippen LogP contribution >= 0.6 is 11.8 Å². The summed E-state index contributed by atoms with van der Waals surface area (Å²) in [6.45, 7) is 3.18. The van der Waals surface area contributed by atoms with Gasteiger partial charge in [0.05, 0.1) is 6.33 Å². The third-order valence-corrected chi connectivity index (χ3v) is 4.16. The Labute approximate surface area is 118 Å². The SMILES string of the molecule is CCCCCSCCCn1cnc2c(N)ncnc21. The fourth-order valence-electron chi connectivity index (χ4n) is 1.96. The zero-order valence-electron chi connectivity index (χ0n) is 11.4. The summed E-state index contributed by atoms with van der Waals surface area (Å²) in [5.41, 5.74) is 7.30. The van der Waals surface area contributed by atoms with Crippen molar-refractivity contribution in [1.29, 1.82) is 0 Å². The van der Waals surface area contributed by atoms with Crippen LogP contribution in [0.2, 0.25) is 0 Å². The van der Waals surface area contributed by atoms with E-state index in [-0.39, 0.29) is 0 Å². The predicted octanol–water partition coefficient (Wildman–Crippen LogP) is 2.72. The molecular weight excluding hydrogens is 258 g/mol. The van der Waals surface area contributed by atoms with Crippen LogP contribution in [0, 0.1) is 0 Å². The molecule has 0 aliphatic rings. The van der Waals surface area contributed by atoms with E-state index in [4.69, 9.17) is 5.73 Å². The first kappa shape index (κ1) is 14.1. The Balaban J connectivity index is 1.77. The first-order valence-corrected chi connectivity index (χ1v) is 7.97. The topological polar surface area (TPSA) is 69.6 Å². The number of aromatic nitrogens is 4. The normalized spacial score (nSPS) is 11.2. The zero-order chi connectivity index (χ0) is 13.5. The van der Waals surface area contributed by atoms with Gasteiger partial charge in [-0.3, -0.25) is 0 Å². The van der Waals surface area contributed by atoms with Gasteiger partial charge in [0.25, 0.3) is 0 Å². The molecule has 0 atom stereocenters. The minimum atomic E-state index is 0.456. The van der Waals surface area contributed by atoms with Crippen molar-refractivity contribution in [1.82, 2.24) is 19.5 Å². The van der Waals surface area contributed by atoms with Crippen molar-refractivity contribution in [3.8, 4) is 0 Å². The number of unbranched alkanes of at least 4 members (excludes halogenated alkanes) is 2. The molecule has 2 heterocycles. The van der Waals surface area contributed by atoms with Crippen LogP contribution in [0.4, 0.5) is 5.82 Å². The van der Waals surface area contributed by atoms with Crippen LogP contribution < -0.4 is 5.73 Å². The second-order valence-corrected chi connectivity index (χ2v) is 5.77. The highest BCUT2D eigenvalue weighted by molar-refractivity contribution is 7.99. The van der Waals surface area contributed by atoms with Gasteiger partial charge in [0.1, 0.15) is 11.8 Å². The lowest BCUT2D eigenvalue weighted by molar-refractivity contribution is 0.695. The summed E-state index contributed by atoms with van der Waals surface area (Å²) >= 11 is 2.03. The van der Waals surface area contributed by atoms with Crippen molar-refractivity contribution in [2.45, 2.75) is 39.2 Å². The number of hydrogen-bond donors (Lipinski definition) is 1. The molecule has 2 N–H and O–H groups in total. The number of rotatable bonds is 8. The van der Waals surface area contributed by atoms with Crippen molar-refractivity contribution < 1.29 is 0 Å². The van der Waals surface area contributed by atoms with Gasteiger partial charge in [-0.1, -0.05) is 19.8 Å². The van der Waals surface area contributed by atoms with Gasteiger partial charge < -0.3 is 10.3 Å². The van der Waals surface area contributed by atoms with Crippen LogP contribution in [0.3, 0.4) is 0 Å². The summed E-state index contributed by atoms with van der Waals surface area (Å²) in [7, 11) is 0. The molecule has 0 fully saturated rings. The fourth-order valence-corrected chi connectivity index (χ4v) is 2.90. The zero-order valence-corrected chi connectivity index (χ0v) is 12.2. The summed E-state index contributed by atoms with van der Waals surface area (Å²) in [5.74, 6) is 2.91. The molecule has 104 valence electrons. The number of imidazole rings is 1. The number of fused-ring (bicyclic) bond motifs is 1. The molecule has 0 saturated heterocycles. The number of nitrogen functional groups attached to an aromatic ring is 1. The monoisotopic (exact) mass is 279 g/mol. The van der Waals surface area contributed by atoms with Gasteiger partial charge in [-0.25, -0.2) is 15.0 Å². The third-order valence-electron chi connectivity index (χ3n) is 3.01. The molecule has 0 spiro atoms. The van der Waals surface area contributed by atoms with Crippen LogP contribution in [0.1, 0.15) is 32.6 Å². The summed E-state index contributed by atoms with van der Waals surface area (Å²) in [5, 5.41) is 0. The smallest absolute Gasteiger partial charge is 0.165 e. The Morgan fingerprint density at radius 1 is 1.16 bits per heavy atom. The van der Waals surface area contributed by atoms with Crippen molar-refractivity contribution >= 4 is 28.7 Å². The van der Waals surface area contributed by atoms with E-state index in [2.05, 4.69) is 26.4 Å². The number of nitrogens with zero attached hydrogens (tertiary/aromatic N) is 4. The third kappa shape index (κ3) is 3.83. The standard InChI is InChI=1S/C13H21N5S/c1-2-3-4-7-19-8-5-6-18-10-17-11-12(14)15-9-16-13(11)18/h9-10H,2-8H2,1H3,(H2,14,15,16). The molecular formula is C13H21N5S. The molecule has 0 unspecified atom stereocenters. The van der Waals surface area contributed by atoms with Crippen LogP contribution in [0.25, 0.3) is 11.2 Å². The van der Waals surface area contributed by atoms with Gasteiger partial charge in [0.15, 0.2) is 11.5 Å². The van der Waals surface area contributed by atoms with E-state index in [0.29, 0.717) is 11.3 Å². The van der Waals surface area contributed by atoms with Crippen LogP contribution in [-0.2, 0) is 6.54 Å². The molecule has 6 heteroatoms. The summed E-state index contributed by atoms with van der Waals surface area (Å²) < 4.78 is 2.06. The van der Waals surface area contributed by atoms with Crippen molar-refractivity contribution in [2.24, 2.45) is 0 Å². The van der Waals surface area contributed by atoms with Gasteiger partial charge >= 0.3 is 0 Å². The largest absolute Gasteiger partial charge is 0.382 e. The Morgan fingerprint density at radius 2 is 2.00 bits per heavy atom. The predicted molar refractivity (Wildman–Crippen MR) is 81.2 cm³/mol. The molecule has 0 aromatic carbocycles. The first-order chi connectivity index (χ1) is 9.33. The van der Waals surface area contributed by atoms with Gasteiger partial charge in [-0.2, -0.15) is 11.8 Å². The average molecular weight is 279 g/mol. The van der Waals surface area contributed by atoms with Gasteiger partial charge in [0.2, 0.25) is 0 Å². The van der Waals surface area contributed by atoms with Crippen molar-refractivity contribution in [2.75, 3.05) is 17.2 Å². The molecule has 0 amide bonds. The molecule has 2 rings (SSSR count). The summed E-state index contributed by atoms with van der Waals surface area (Å²) in [6.07, 6.45) is 8.40. The lowest BCUT2D eigenvalue weighted by atomic mass is 10.3. The maximum atomic E-state index is 5.76. The van der Waals surface area contributed by atoms with E-state index < -0.39 is 0 Å². The second-order valence-electron chi connectivity index (χ2n) is 4.54. The van der Waals surface area contributed by atoms with Crippen molar-refractivity contribution in [3.05, 3.63) is 12.7 Å². The average Bonchev–Trinajstić information content (AvgIpc) is 2.83. The molecule has 19 heavy (non-hydrogen) atoms. The van der Waals surface area contributed by atoms with Crippen LogP contribution in [0.5, 0.6) is 0 Å². The van der Waals surface area contributed by atoms with Gasteiger partial charge in [-0.05, 0) is 24.3 Å².